The number of aromatic hydroxyl groups is 1. The average molecular weight is 1190 g/mol. The van der Waals surface area contributed by atoms with Gasteiger partial charge in [-0.25, -0.2) is 9.78 Å². The van der Waals surface area contributed by atoms with E-state index in [-0.39, 0.29) is 42.9 Å². The number of imidazole rings is 1. The fourth-order valence-electron chi connectivity index (χ4n) is 8.59. The molecule has 28 nitrogen and oxygen atoms in total. The lowest BCUT2D eigenvalue weighted by Gasteiger charge is -2.28. The molecule has 3 heterocycles. The zero-order chi connectivity index (χ0) is 60.3. The standard InChI is InChI=1S/C53H63N13O15S2/c54-33(23-82)45(72)64-41(21-67)51(78)63-40(17-44(70)71)50(77)65-42(22-68)52(79)61-37(14-27-18-56-34-7-3-1-5-31(27)34)47(74)62-39(16-29-20-55-25-58-29)49(76)59-36(13-26-9-11-30(69)12-10-26)46(73)60-38(48(75)66-43(24-83)53(80)81)15-28-19-57-35-8-4-2-6-32(28)35/h1-12,18-20,25,33,36-43,56-57,67-69,82-83H,13-17,21-24,54H2,(H,55,58)(H,59,76)(H,60,73)(H,61,79)(H,62,74)(H,63,78)(H,64,72)(H,65,77)(H,66,75)(H,70,71)(H,80,81)/t33-,36-,37-,38-,39-,40-,41-,42-,43-/m0/s1. The summed E-state index contributed by atoms with van der Waals surface area (Å²) in [5.41, 5.74) is 8.72. The second kappa shape index (κ2) is 30.2. The zero-order valence-corrected chi connectivity index (χ0v) is 45.8. The first kappa shape index (κ1) is 63.2. The van der Waals surface area contributed by atoms with Crippen LogP contribution in [0.25, 0.3) is 21.8 Å². The van der Waals surface area contributed by atoms with E-state index >= 15 is 0 Å². The smallest absolute Gasteiger partial charge is 0.327 e. The Bertz CT molecular complexity index is 3270. The molecule has 30 heteroatoms. The molecular weight excluding hydrogens is 1120 g/mol. The van der Waals surface area contributed by atoms with Crippen molar-refractivity contribution in [3.63, 3.8) is 0 Å². The minimum Gasteiger partial charge on any atom is -0.508 e. The average Bonchev–Trinajstić information content (AvgIpc) is 4.48. The van der Waals surface area contributed by atoms with Crippen LogP contribution in [-0.2, 0) is 73.6 Å². The third-order valence-electron chi connectivity index (χ3n) is 13.1. The molecule has 0 aliphatic rings. The van der Waals surface area contributed by atoms with Crippen LogP contribution in [0.4, 0.5) is 0 Å². The van der Waals surface area contributed by atoms with Crippen molar-refractivity contribution in [2.45, 2.75) is 86.5 Å². The number of carbonyl (C=O) groups is 10. The maximum Gasteiger partial charge on any atom is 0.327 e. The number of phenolic OH excluding ortho intramolecular Hbond substituents is 1. The number of carboxylic acid groups (broad SMARTS) is 2. The molecule has 83 heavy (non-hydrogen) atoms. The molecule has 0 saturated carbocycles. The summed E-state index contributed by atoms with van der Waals surface area (Å²) in [5, 5.41) is 70.4. The molecule has 0 aliphatic heterocycles. The highest BCUT2D eigenvalue weighted by Gasteiger charge is 2.36. The highest BCUT2D eigenvalue weighted by Crippen LogP contribution is 2.22. The van der Waals surface area contributed by atoms with Crippen LogP contribution in [0.3, 0.4) is 0 Å². The van der Waals surface area contributed by atoms with Gasteiger partial charge in [-0.1, -0.05) is 48.5 Å². The summed E-state index contributed by atoms with van der Waals surface area (Å²) in [6.45, 7) is -2.17. The molecule has 8 amide bonds. The second-order valence-electron chi connectivity index (χ2n) is 19.0. The number of carboxylic acids is 2. The molecule has 3 aromatic heterocycles. The summed E-state index contributed by atoms with van der Waals surface area (Å²) in [6, 6.07) is 5.12. The largest absolute Gasteiger partial charge is 0.508 e. The van der Waals surface area contributed by atoms with E-state index in [1.807, 2.05) is 0 Å². The molecule has 0 radical (unpaired) electrons. The number of nitrogens with one attached hydrogen (secondary N) is 11. The van der Waals surface area contributed by atoms with Crippen LogP contribution in [0.1, 0.15) is 28.8 Å². The number of hydrogen-bond acceptors (Lipinski definition) is 17. The van der Waals surface area contributed by atoms with Gasteiger partial charge in [-0.2, -0.15) is 25.3 Å². The molecule has 9 atom stereocenters. The molecule has 442 valence electrons. The second-order valence-corrected chi connectivity index (χ2v) is 19.8. The number of amides is 8. The van der Waals surface area contributed by atoms with Gasteiger partial charge in [0.05, 0.1) is 32.0 Å². The van der Waals surface area contributed by atoms with Crippen LogP contribution >= 0.6 is 25.3 Å². The topological polar surface area (TPSA) is 454 Å². The van der Waals surface area contributed by atoms with E-state index in [0.717, 1.165) is 0 Å². The first-order chi connectivity index (χ1) is 39.7. The van der Waals surface area contributed by atoms with E-state index in [1.54, 1.807) is 60.9 Å². The number of rotatable bonds is 31. The number of benzene rings is 3. The number of para-hydroxylation sites is 2. The number of hydrogen-bond donors (Lipinski definition) is 19. The van der Waals surface area contributed by atoms with Gasteiger partial charge in [0.1, 0.15) is 54.1 Å². The Kier molecular flexibility index (Phi) is 23.0. The SMILES string of the molecule is N[C@@H](CS)C(=O)N[C@@H](CO)C(=O)N[C@@H](CC(=O)O)C(=O)N[C@@H](CO)C(=O)N[C@@H](Cc1c[nH]c2ccccc12)C(=O)N[C@@H](Cc1cnc[nH]1)C(=O)N[C@@H](Cc1ccc(O)cc1)C(=O)N[C@@H](Cc1c[nH]c2ccccc12)C(=O)N[C@@H](CS)C(=O)O. The number of aromatic nitrogens is 4. The Balaban J connectivity index is 1.29. The van der Waals surface area contributed by atoms with Crippen molar-refractivity contribution < 1.29 is 73.5 Å². The summed E-state index contributed by atoms with van der Waals surface area (Å²) in [4.78, 5) is 148. The lowest BCUT2D eigenvalue weighted by Crippen LogP contribution is -2.62. The number of aliphatic carboxylic acids is 2. The van der Waals surface area contributed by atoms with Gasteiger partial charge in [-0.3, -0.25) is 43.2 Å². The fourth-order valence-corrected chi connectivity index (χ4v) is 9.00. The van der Waals surface area contributed by atoms with Crippen molar-refractivity contribution in [3.05, 3.63) is 120 Å². The summed E-state index contributed by atoms with van der Waals surface area (Å²) in [7, 11) is 0. The number of carbonyl (C=O) groups excluding carboxylic acids is 8. The molecule has 0 bridgehead atoms. The van der Waals surface area contributed by atoms with Gasteiger partial charge in [-0.15, -0.1) is 0 Å². The summed E-state index contributed by atoms with van der Waals surface area (Å²) >= 11 is 7.98. The number of thiol groups is 2. The Morgan fingerprint density at radius 3 is 1.34 bits per heavy atom. The summed E-state index contributed by atoms with van der Waals surface area (Å²) < 4.78 is 0. The number of H-pyrrole nitrogens is 3. The van der Waals surface area contributed by atoms with E-state index in [1.165, 1.54) is 36.8 Å². The van der Waals surface area contributed by atoms with E-state index in [9.17, 15) is 73.5 Å². The van der Waals surface area contributed by atoms with E-state index in [0.29, 0.717) is 44.2 Å². The van der Waals surface area contributed by atoms with Crippen LogP contribution in [0, 0.1) is 0 Å². The monoisotopic (exact) mass is 1190 g/mol. The fraction of sp³-hybridized carbons (Fsp3) is 0.340. The maximum absolute atomic E-state index is 14.8. The van der Waals surface area contributed by atoms with E-state index in [2.05, 4.69) is 87.7 Å². The molecule has 3 aromatic carbocycles. The third kappa shape index (κ3) is 17.8. The van der Waals surface area contributed by atoms with Gasteiger partial charge in [0.15, 0.2) is 0 Å². The number of nitrogens with two attached hydrogens (primary N) is 1. The highest BCUT2D eigenvalue weighted by molar-refractivity contribution is 7.80. The molecule has 18 N–H and O–H groups in total. The van der Waals surface area contributed by atoms with Crippen molar-refractivity contribution >= 4 is 106 Å². The van der Waals surface area contributed by atoms with Crippen LogP contribution in [0.5, 0.6) is 5.75 Å². The number of aliphatic hydroxyl groups excluding tert-OH is 2. The molecular formula is C53H63N13O15S2. The molecule has 6 aromatic rings. The molecule has 6 rings (SSSR count). The first-order valence-corrected chi connectivity index (χ1v) is 26.9. The lowest BCUT2D eigenvalue weighted by atomic mass is 10.0. The molecule has 0 fully saturated rings. The Labute approximate surface area is 483 Å². The van der Waals surface area contributed by atoms with Crippen molar-refractivity contribution in [1.29, 1.82) is 0 Å². The van der Waals surface area contributed by atoms with Crippen molar-refractivity contribution in [1.82, 2.24) is 62.5 Å². The van der Waals surface area contributed by atoms with Gasteiger partial charge in [0.25, 0.3) is 0 Å². The molecule has 0 aliphatic carbocycles. The van der Waals surface area contributed by atoms with Gasteiger partial charge in [0.2, 0.25) is 47.3 Å². The van der Waals surface area contributed by atoms with Crippen molar-refractivity contribution in [3.8, 4) is 5.75 Å². The summed E-state index contributed by atoms with van der Waals surface area (Å²) in [5.74, 6) is -12.1. The summed E-state index contributed by atoms with van der Waals surface area (Å²) in [6.07, 6.45) is 3.69. The minimum absolute atomic E-state index is 0.117. The number of phenols is 1. The highest BCUT2D eigenvalue weighted by atomic mass is 32.1. The predicted molar refractivity (Wildman–Crippen MR) is 303 cm³/mol. The molecule has 0 spiro atoms. The number of nitrogens with zero attached hydrogens (tertiary/aromatic N) is 1. The lowest BCUT2D eigenvalue weighted by molar-refractivity contribution is -0.142. The minimum atomic E-state index is -1.97. The van der Waals surface area contributed by atoms with Gasteiger partial charge >= 0.3 is 11.9 Å². The molecule has 0 unspecified atom stereocenters. The Morgan fingerprint density at radius 1 is 0.494 bits per heavy atom. The number of aromatic amines is 3. The molecule has 0 saturated heterocycles. The van der Waals surface area contributed by atoms with Gasteiger partial charge < -0.3 is 88.8 Å². The third-order valence-corrected chi connectivity index (χ3v) is 13.8. The quantitative estimate of drug-likeness (QED) is 0.0192. The number of aliphatic hydroxyl groups is 2. The van der Waals surface area contributed by atoms with Crippen molar-refractivity contribution in [2.75, 3.05) is 24.7 Å². The van der Waals surface area contributed by atoms with Gasteiger partial charge in [0, 0.05) is 83.3 Å². The van der Waals surface area contributed by atoms with Crippen molar-refractivity contribution in [2.24, 2.45) is 5.73 Å². The zero-order valence-electron chi connectivity index (χ0n) is 44.0. The van der Waals surface area contributed by atoms with Crippen LogP contribution in [0.15, 0.2) is 97.7 Å². The Morgan fingerprint density at radius 2 is 0.904 bits per heavy atom. The predicted octanol–water partition coefficient (Wildman–Crippen LogP) is -3.04. The van der Waals surface area contributed by atoms with Crippen LogP contribution in [-0.4, -0.2) is 184 Å². The normalized spacial score (nSPS) is 14.5. The Hall–Kier alpha value is -8.97. The van der Waals surface area contributed by atoms with Crippen LogP contribution in [0.2, 0.25) is 0 Å². The van der Waals surface area contributed by atoms with E-state index < -0.39 is 133 Å². The van der Waals surface area contributed by atoms with E-state index in [4.69, 9.17) is 5.73 Å². The van der Waals surface area contributed by atoms with Gasteiger partial charge in [-0.05, 0) is 41.0 Å². The number of fused-ring (bicyclic) bond motifs is 2. The first-order valence-electron chi connectivity index (χ1n) is 25.6. The maximum atomic E-state index is 14.8. The van der Waals surface area contributed by atoms with Crippen LogP contribution < -0.4 is 48.3 Å².